The van der Waals surface area contributed by atoms with Gasteiger partial charge in [-0.1, -0.05) is 0 Å². The van der Waals surface area contributed by atoms with Gasteiger partial charge in [0, 0.05) is 39.5 Å². The van der Waals surface area contributed by atoms with E-state index < -0.39 is 37.1 Å². The summed E-state index contributed by atoms with van der Waals surface area (Å²) in [7, 11) is -0.343. The number of non-ortho nitro benzene ring substituents is 1. The number of benzene rings is 1. The second kappa shape index (κ2) is 9.34. The standard InChI is InChI=1S/C18H22N2O9S/c1-12-9-15(21)14(11-18(12,27-3)28-4)19-30(24,25)17-10-13(20(22)23)5-6-16(17)29-8-7-26-2/h5-6,9-11,19H,7-8H2,1-4H3. The number of nitrogens with zero attached hydrogens (tertiary/aromatic N) is 1. The zero-order valence-electron chi connectivity index (χ0n) is 16.8. The van der Waals surface area contributed by atoms with Crippen molar-refractivity contribution in [2.75, 3.05) is 34.5 Å². The minimum Gasteiger partial charge on any atom is -0.490 e. The molecule has 0 saturated carbocycles. The first-order valence-corrected chi connectivity index (χ1v) is 10.1. The van der Waals surface area contributed by atoms with Gasteiger partial charge in [0.25, 0.3) is 15.7 Å². The molecule has 12 heteroatoms. The van der Waals surface area contributed by atoms with E-state index >= 15 is 0 Å². The van der Waals surface area contributed by atoms with E-state index in [0.717, 1.165) is 18.2 Å². The number of hydrogen-bond donors (Lipinski definition) is 1. The number of allylic oxidation sites excluding steroid dienone is 1. The Morgan fingerprint density at radius 3 is 2.40 bits per heavy atom. The second-order valence-corrected chi connectivity index (χ2v) is 7.81. The van der Waals surface area contributed by atoms with Crippen molar-refractivity contribution in [3.63, 3.8) is 0 Å². The zero-order valence-corrected chi connectivity index (χ0v) is 17.6. The van der Waals surface area contributed by atoms with Crippen LogP contribution in [0.5, 0.6) is 5.75 Å². The Labute approximate surface area is 173 Å². The Morgan fingerprint density at radius 2 is 1.83 bits per heavy atom. The Balaban J connectivity index is 2.48. The number of nitrogens with one attached hydrogen (secondary N) is 1. The third-order valence-electron chi connectivity index (χ3n) is 4.32. The van der Waals surface area contributed by atoms with Crippen LogP contribution in [0.15, 0.2) is 46.5 Å². The molecule has 0 aromatic heterocycles. The van der Waals surface area contributed by atoms with Crippen LogP contribution >= 0.6 is 0 Å². The van der Waals surface area contributed by atoms with Crippen molar-refractivity contribution < 1.29 is 37.1 Å². The Hall–Kier alpha value is -2.80. The van der Waals surface area contributed by atoms with Crippen molar-refractivity contribution >= 4 is 21.5 Å². The number of nitro benzene ring substituents is 1. The van der Waals surface area contributed by atoms with Crippen LogP contribution in [-0.2, 0) is 29.0 Å². The molecule has 1 aromatic carbocycles. The summed E-state index contributed by atoms with van der Waals surface area (Å²) in [6, 6.07) is 3.12. The third-order valence-corrected chi connectivity index (χ3v) is 5.71. The van der Waals surface area contributed by atoms with Gasteiger partial charge in [0.15, 0.2) is 0 Å². The number of hydrogen-bond acceptors (Lipinski definition) is 9. The van der Waals surface area contributed by atoms with Gasteiger partial charge in [0.1, 0.15) is 17.3 Å². The third kappa shape index (κ3) is 4.84. The van der Waals surface area contributed by atoms with E-state index in [1.54, 1.807) is 6.92 Å². The lowest BCUT2D eigenvalue weighted by molar-refractivity contribution is -0.385. The average molecular weight is 442 g/mol. The summed E-state index contributed by atoms with van der Waals surface area (Å²) in [5.41, 5.74) is -0.379. The van der Waals surface area contributed by atoms with Gasteiger partial charge in [0.05, 0.1) is 17.2 Å². The van der Waals surface area contributed by atoms with Gasteiger partial charge in [-0.2, -0.15) is 0 Å². The first kappa shape index (κ1) is 23.5. The molecule has 0 fully saturated rings. The van der Waals surface area contributed by atoms with E-state index in [2.05, 4.69) is 4.72 Å². The summed E-state index contributed by atoms with van der Waals surface area (Å²) in [5, 5.41) is 11.1. The molecule has 0 atom stereocenters. The Morgan fingerprint density at radius 1 is 1.17 bits per heavy atom. The van der Waals surface area contributed by atoms with Gasteiger partial charge in [-0.3, -0.25) is 19.6 Å². The van der Waals surface area contributed by atoms with Crippen LogP contribution in [0.2, 0.25) is 0 Å². The van der Waals surface area contributed by atoms with Crippen molar-refractivity contribution in [1.29, 1.82) is 0 Å². The molecule has 0 unspecified atom stereocenters. The average Bonchev–Trinajstić information content (AvgIpc) is 2.70. The fourth-order valence-electron chi connectivity index (χ4n) is 2.73. The predicted octanol–water partition coefficient (Wildman–Crippen LogP) is 1.30. The number of nitro groups is 1. The van der Waals surface area contributed by atoms with Crippen LogP contribution in [0.25, 0.3) is 0 Å². The topological polar surface area (TPSA) is 143 Å². The number of carbonyl (C=O) groups excluding carboxylic acids is 1. The fourth-order valence-corrected chi connectivity index (χ4v) is 3.95. The highest BCUT2D eigenvalue weighted by Gasteiger charge is 2.37. The number of ether oxygens (including phenoxy) is 4. The molecular weight excluding hydrogens is 420 g/mol. The van der Waals surface area contributed by atoms with Crippen molar-refractivity contribution in [2.45, 2.75) is 17.6 Å². The van der Waals surface area contributed by atoms with Crippen molar-refractivity contribution in [2.24, 2.45) is 0 Å². The minimum absolute atomic E-state index is 0.0108. The molecule has 0 radical (unpaired) electrons. The first-order valence-electron chi connectivity index (χ1n) is 8.59. The molecule has 0 aliphatic heterocycles. The van der Waals surface area contributed by atoms with E-state index in [0.29, 0.717) is 5.57 Å². The lowest BCUT2D eigenvalue weighted by atomic mass is 9.98. The molecule has 2 rings (SSSR count). The van der Waals surface area contributed by atoms with E-state index in [-0.39, 0.29) is 24.7 Å². The largest absolute Gasteiger partial charge is 0.490 e. The maximum Gasteiger partial charge on any atom is 0.271 e. The molecule has 164 valence electrons. The van der Waals surface area contributed by atoms with Gasteiger partial charge in [-0.25, -0.2) is 8.42 Å². The predicted molar refractivity (Wildman–Crippen MR) is 104 cm³/mol. The molecule has 0 amide bonds. The highest BCUT2D eigenvalue weighted by Crippen LogP contribution is 2.32. The number of sulfonamides is 1. The maximum absolute atomic E-state index is 13.0. The van der Waals surface area contributed by atoms with Crippen molar-refractivity contribution in [1.82, 2.24) is 4.72 Å². The van der Waals surface area contributed by atoms with Crippen LogP contribution in [0.1, 0.15) is 6.92 Å². The molecule has 1 N–H and O–H groups in total. The number of carbonyl (C=O) groups is 1. The van der Waals surface area contributed by atoms with Crippen LogP contribution in [-0.4, -0.2) is 59.5 Å². The normalized spacial score (nSPS) is 15.9. The van der Waals surface area contributed by atoms with Gasteiger partial charge < -0.3 is 18.9 Å². The molecule has 0 heterocycles. The maximum atomic E-state index is 13.0. The Bertz CT molecular complexity index is 995. The van der Waals surface area contributed by atoms with Crippen LogP contribution in [0, 0.1) is 10.1 Å². The van der Waals surface area contributed by atoms with Gasteiger partial charge >= 0.3 is 0 Å². The molecule has 1 aromatic rings. The number of rotatable bonds is 10. The van der Waals surface area contributed by atoms with Gasteiger partial charge in [0.2, 0.25) is 11.6 Å². The SMILES string of the molecule is COCCOc1ccc([N+](=O)[O-])cc1S(=O)(=O)NC1=CC(OC)(OC)C(C)=CC1=O. The summed E-state index contributed by atoms with van der Waals surface area (Å²) in [4.78, 5) is 22.2. The molecule has 0 spiro atoms. The molecule has 0 bridgehead atoms. The lowest BCUT2D eigenvalue weighted by Gasteiger charge is -2.32. The second-order valence-electron chi connectivity index (χ2n) is 6.16. The van der Waals surface area contributed by atoms with E-state index in [1.807, 2.05) is 0 Å². The van der Waals surface area contributed by atoms with Gasteiger partial charge in [-0.15, -0.1) is 0 Å². The van der Waals surface area contributed by atoms with Crippen molar-refractivity contribution in [3.8, 4) is 5.75 Å². The summed E-state index contributed by atoms with van der Waals surface area (Å²) in [6.45, 7) is 1.77. The first-order chi connectivity index (χ1) is 14.1. The van der Waals surface area contributed by atoms with Crippen LogP contribution in [0.3, 0.4) is 0 Å². The van der Waals surface area contributed by atoms with Crippen molar-refractivity contribution in [3.05, 3.63) is 51.7 Å². The quantitative estimate of drug-likeness (QED) is 0.245. The highest BCUT2D eigenvalue weighted by molar-refractivity contribution is 7.89. The molecule has 11 nitrogen and oxygen atoms in total. The number of ketones is 1. The van der Waals surface area contributed by atoms with E-state index in [4.69, 9.17) is 18.9 Å². The van der Waals surface area contributed by atoms with Gasteiger partial charge in [-0.05, 0) is 24.6 Å². The minimum atomic E-state index is -4.45. The Kier molecular flexibility index (Phi) is 7.31. The lowest BCUT2D eigenvalue weighted by Crippen LogP contribution is -2.40. The number of methoxy groups -OCH3 is 3. The summed E-state index contributed by atoms with van der Waals surface area (Å²) >= 11 is 0. The zero-order chi connectivity index (χ0) is 22.5. The van der Waals surface area contributed by atoms with Crippen LogP contribution in [0.4, 0.5) is 5.69 Å². The molecule has 1 aliphatic carbocycles. The molecule has 30 heavy (non-hydrogen) atoms. The fraction of sp³-hybridized carbons (Fsp3) is 0.389. The highest BCUT2D eigenvalue weighted by atomic mass is 32.2. The van der Waals surface area contributed by atoms with E-state index in [9.17, 15) is 23.3 Å². The monoisotopic (exact) mass is 442 g/mol. The molecule has 1 aliphatic rings. The smallest absolute Gasteiger partial charge is 0.271 e. The molecule has 0 saturated heterocycles. The van der Waals surface area contributed by atoms with Crippen LogP contribution < -0.4 is 9.46 Å². The molecular formula is C18H22N2O9S. The summed E-state index contributed by atoms with van der Waals surface area (Å²) in [6.07, 6.45) is 2.36. The van der Waals surface area contributed by atoms with E-state index in [1.165, 1.54) is 33.5 Å². The summed E-state index contributed by atoms with van der Waals surface area (Å²) in [5.74, 6) is -2.20. The summed E-state index contributed by atoms with van der Waals surface area (Å²) < 4.78 is 49.0.